The topological polar surface area (TPSA) is 43.1 Å². The Labute approximate surface area is 172 Å². The van der Waals surface area contributed by atoms with Crippen molar-refractivity contribution in [3.63, 3.8) is 0 Å². The van der Waals surface area contributed by atoms with Gasteiger partial charge in [-0.1, -0.05) is 106 Å². The molecule has 1 aromatic heterocycles. The van der Waals surface area contributed by atoms with Gasteiger partial charge in [-0.15, -0.1) is 0 Å². The molecule has 0 N–H and O–H groups in total. The predicted octanol–water partition coefficient (Wildman–Crippen LogP) is 7.13. The summed E-state index contributed by atoms with van der Waals surface area (Å²) in [6.07, 6.45) is 2.71. The summed E-state index contributed by atoms with van der Waals surface area (Å²) in [5.74, 6) is 2.10. The molecule has 0 amide bonds. The molecule has 0 radical (unpaired) electrons. The van der Waals surface area contributed by atoms with Gasteiger partial charge in [0.05, 0.1) is 5.75 Å². The van der Waals surface area contributed by atoms with Gasteiger partial charge in [-0.05, 0) is 12.8 Å². The molecule has 0 saturated heterocycles. The molecule has 0 aliphatic carbocycles. The lowest BCUT2D eigenvalue weighted by molar-refractivity contribution is -0.114. The first-order valence-corrected chi connectivity index (χ1v) is 10.7. The zero-order valence-electron chi connectivity index (χ0n) is 17.1. The smallest absolute Gasteiger partial charge is 0.257 e. The third kappa shape index (κ3) is 7.01. The SMILES string of the molecule is CC(=O)CSc1nc(-c2ccccc2)c(-c2ccccc2)o1.CCCC(C)C. The summed E-state index contributed by atoms with van der Waals surface area (Å²) in [5.41, 5.74) is 2.78. The van der Waals surface area contributed by atoms with Crippen LogP contribution in [0.15, 0.2) is 70.3 Å². The van der Waals surface area contributed by atoms with E-state index in [4.69, 9.17) is 4.42 Å². The van der Waals surface area contributed by atoms with E-state index in [9.17, 15) is 4.79 Å². The highest BCUT2D eigenvalue weighted by atomic mass is 32.2. The molecule has 3 nitrogen and oxygen atoms in total. The monoisotopic (exact) mass is 395 g/mol. The van der Waals surface area contributed by atoms with Crippen LogP contribution in [-0.4, -0.2) is 16.5 Å². The van der Waals surface area contributed by atoms with E-state index >= 15 is 0 Å². The van der Waals surface area contributed by atoms with E-state index in [0.717, 1.165) is 28.5 Å². The maximum absolute atomic E-state index is 11.2. The molecule has 4 heteroatoms. The zero-order chi connectivity index (χ0) is 20.4. The Morgan fingerprint density at radius 1 is 1.00 bits per heavy atom. The number of ketones is 1. The summed E-state index contributed by atoms with van der Waals surface area (Å²) in [6, 6.07) is 19.8. The van der Waals surface area contributed by atoms with Gasteiger partial charge in [0, 0.05) is 11.1 Å². The van der Waals surface area contributed by atoms with Crippen LogP contribution in [-0.2, 0) is 4.79 Å². The molecule has 2 aromatic carbocycles. The van der Waals surface area contributed by atoms with E-state index in [0.29, 0.717) is 11.0 Å². The molecule has 3 rings (SSSR count). The fraction of sp³-hybridized carbons (Fsp3) is 0.333. The van der Waals surface area contributed by atoms with Crippen molar-refractivity contribution >= 4 is 17.5 Å². The van der Waals surface area contributed by atoms with Crippen molar-refractivity contribution in [2.24, 2.45) is 5.92 Å². The molecule has 0 aliphatic heterocycles. The standard InChI is InChI=1S/C18H15NO2S.C6H14/c1-13(20)12-22-18-19-16(14-8-4-2-5-9-14)17(21-18)15-10-6-3-7-11-15;1-4-5-6(2)3/h2-11H,12H2,1H3;6H,4-5H2,1-3H3. The molecular formula is C24H29NO2S. The first-order chi connectivity index (χ1) is 13.5. The summed E-state index contributed by atoms with van der Waals surface area (Å²) in [4.78, 5) is 15.7. The molecule has 0 spiro atoms. The number of Topliss-reactive ketones (excluding diaryl/α,β-unsaturated/α-hetero) is 1. The molecule has 0 aliphatic rings. The van der Waals surface area contributed by atoms with Crippen LogP contribution in [0.25, 0.3) is 22.6 Å². The van der Waals surface area contributed by atoms with Crippen LogP contribution >= 0.6 is 11.8 Å². The normalized spacial score (nSPS) is 10.5. The van der Waals surface area contributed by atoms with Crippen molar-refractivity contribution in [3.05, 3.63) is 60.7 Å². The maximum Gasteiger partial charge on any atom is 0.257 e. The Bertz CT molecular complexity index is 785. The molecule has 0 saturated carbocycles. The molecular weight excluding hydrogens is 366 g/mol. The summed E-state index contributed by atoms with van der Waals surface area (Å²) in [5, 5.41) is 0.521. The average molecular weight is 396 g/mol. The summed E-state index contributed by atoms with van der Waals surface area (Å²) < 4.78 is 5.91. The Kier molecular flexibility index (Phi) is 9.02. The molecule has 148 valence electrons. The number of hydrogen-bond acceptors (Lipinski definition) is 4. The van der Waals surface area contributed by atoms with Crippen molar-refractivity contribution in [1.29, 1.82) is 0 Å². The Morgan fingerprint density at radius 3 is 2.04 bits per heavy atom. The summed E-state index contributed by atoms with van der Waals surface area (Å²) in [7, 11) is 0. The van der Waals surface area contributed by atoms with Crippen molar-refractivity contribution in [2.75, 3.05) is 5.75 Å². The summed E-state index contributed by atoms with van der Waals surface area (Å²) in [6.45, 7) is 8.29. The Hall–Kier alpha value is -2.33. The van der Waals surface area contributed by atoms with Crippen LogP contribution in [0.5, 0.6) is 0 Å². The highest BCUT2D eigenvalue weighted by Gasteiger charge is 2.17. The second-order valence-electron chi connectivity index (χ2n) is 7.06. The van der Waals surface area contributed by atoms with Gasteiger partial charge in [0.25, 0.3) is 5.22 Å². The lowest BCUT2D eigenvalue weighted by atomic mass is 10.1. The van der Waals surface area contributed by atoms with E-state index in [1.54, 1.807) is 6.92 Å². The van der Waals surface area contributed by atoms with Crippen molar-refractivity contribution in [3.8, 4) is 22.6 Å². The van der Waals surface area contributed by atoms with E-state index in [1.807, 2.05) is 60.7 Å². The second-order valence-corrected chi connectivity index (χ2v) is 7.99. The van der Waals surface area contributed by atoms with Crippen molar-refractivity contribution < 1.29 is 9.21 Å². The third-order valence-electron chi connectivity index (χ3n) is 3.96. The molecule has 1 heterocycles. The van der Waals surface area contributed by atoms with Crippen molar-refractivity contribution in [2.45, 2.75) is 45.8 Å². The van der Waals surface area contributed by atoms with E-state index < -0.39 is 0 Å². The van der Waals surface area contributed by atoms with Gasteiger partial charge in [-0.2, -0.15) is 0 Å². The van der Waals surface area contributed by atoms with Gasteiger partial charge in [-0.25, -0.2) is 4.98 Å². The first kappa shape index (κ1) is 22.0. The van der Waals surface area contributed by atoms with Gasteiger partial charge in [0.2, 0.25) is 0 Å². The van der Waals surface area contributed by atoms with E-state index in [-0.39, 0.29) is 5.78 Å². The van der Waals surface area contributed by atoms with Gasteiger partial charge in [-0.3, -0.25) is 4.79 Å². The number of benzene rings is 2. The minimum absolute atomic E-state index is 0.103. The largest absolute Gasteiger partial charge is 0.431 e. The minimum Gasteiger partial charge on any atom is -0.431 e. The number of oxazole rings is 1. The number of carbonyl (C=O) groups is 1. The van der Waals surface area contributed by atoms with Gasteiger partial charge < -0.3 is 4.42 Å². The molecule has 0 atom stereocenters. The van der Waals surface area contributed by atoms with Crippen LogP contribution in [0.2, 0.25) is 0 Å². The Morgan fingerprint density at radius 2 is 1.57 bits per heavy atom. The number of aromatic nitrogens is 1. The van der Waals surface area contributed by atoms with Crippen LogP contribution in [0.1, 0.15) is 40.5 Å². The molecule has 3 aromatic rings. The quantitative estimate of drug-likeness (QED) is 0.399. The minimum atomic E-state index is 0.103. The van der Waals surface area contributed by atoms with Crippen LogP contribution in [0.3, 0.4) is 0 Å². The number of carbonyl (C=O) groups excluding carboxylic acids is 1. The second kappa shape index (κ2) is 11.5. The van der Waals surface area contributed by atoms with Crippen LogP contribution in [0.4, 0.5) is 0 Å². The fourth-order valence-corrected chi connectivity index (χ4v) is 3.30. The van der Waals surface area contributed by atoms with Crippen LogP contribution in [0, 0.1) is 5.92 Å². The maximum atomic E-state index is 11.2. The number of hydrogen-bond donors (Lipinski definition) is 0. The molecule has 0 bridgehead atoms. The summed E-state index contributed by atoms with van der Waals surface area (Å²) >= 11 is 1.33. The number of thioether (sulfide) groups is 1. The number of nitrogens with zero attached hydrogens (tertiary/aromatic N) is 1. The molecule has 0 fully saturated rings. The lowest BCUT2D eigenvalue weighted by Crippen LogP contribution is -1.92. The van der Waals surface area contributed by atoms with Gasteiger partial charge in [0.15, 0.2) is 5.76 Å². The first-order valence-electron chi connectivity index (χ1n) is 9.75. The zero-order valence-corrected chi connectivity index (χ0v) is 18.0. The highest BCUT2D eigenvalue weighted by molar-refractivity contribution is 7.99. The highest BCUT2D eigenvalue weighted by Crippen LogP contribution is 2.35. The Balaban J connectivity index is 0.000000409. The fourth-order valence-electron chi connectivity index (χ4n) is 2.68. The molecule has 28 heavy (non-hydrogen) atoms. The van der Waals surface area contributed by atoms with E-state index in [1.165, 1.54) is 24.6 Å². The van der Waals surface area contributed by atoms with Crippen molar-refractivity contribution in [1.82, 2.24) is 4.98 Å². The number of rotatable bonds is 7. The average Bonchev–Trinajstić information content (AvgIpc) is 3.12. The van der Waals surface area contributed by atoms with Gasteiger partial charge in [0.1, 0.15) is 11.5 Å². The predicted molar refractivity (Wildman–Crippen MR) is 119 cm³/mol. The van der Waals surface area contributed by atoms with Gasteiger partial charge >= 0.3 is 0 Å². The molecule has 0 unspecified atom stereocenters. The van der Waals surface area contributed by atoms with Crippen LogP contribution < -0.4 is 0 Å². The third-order valence-corrected chi connectivity index (χ3v) is 4.93. The van der Waals surface area contributed by atoms with E-state index in [2.05, 4.69) is 25.8 Å². The lowest BCUT2D eigenvalue weighted by Gasteiger charge is -2.00.